The number of halogens is 1. The predicted molar refractivity (Wildman–Crippen MR) is 117 cm³/mol. The third-order valence-corrected chi connectivity index (χ3v) is 4.97. The van der Waals surface area contributed by atoms with Gasteiger partial charge in [-0.15, -0.1) is 0 Å². The summed E-state index contributed by atoms with van der Waals surface area (Å²) in [5.74, 6) is -0.117. The summed E-state index contributed by atoms with van der Waals surface area (Å²) in [7, 11) is 1.32. The molecule has 8 heteroatoms. The Morgan fingerprint density at radius 2 is 2.03 bits per heavy atom. The van der Waals surface area contributed by atoms with Crippen LogP contribution in [0.3, 0.4) is 0 Å². The molecule has 0 radical (unpaired) electrons. The Balaban J connectivity index is 1.66. The number of benzene rings is 2. The van der Waals surface area contributed by atoms with Crippen molar-refractivity contribution in [3.05, 3.63) is 81.2 Å². The summed E-state index contributed by atoms with van der Waals surface area (Å²) in [5, 5.41) is 3.99. The predicted octanol–water partition coefficient (Wildman–Crippen LogP) is 4.01. The van der Waals surface area contributed by atoms with Crippen molar-refractivity contribution in [2.45, 2.75) is 6.42 Å². The van der Waals surface area contributed by atoms with E-state index in [4.69, 9.17) is 16.3 Å². The van der Waals surface area contributed by atoms with E-state index in [-0.39, 0.29) is 5.56 Å². The number of nitrogens with one attached hydrogen (secondary N) is 3. The third-order valence-electron chi connectivity index (χ3n) is 4.73. The number of anilines is 1. The van der Waals surface area contributed by atoms with Crippen LogP contribution in [0.1, 0.15) is 15.9 Å². The van der Waals surface area contributed by atoms with Crippen molar-refractivity contribution in [3.8, 4) is 11.4 Å². The molecule has 2 heterocycles. The summed E-state index contributed by atoms with van der Waals surface area (Å²) in [6.45, 7) is 0.602. The molecule has 0 saturated heterocycles. The number of H-pyrrole nitrogens is 2. The average molecular weight is 423 g/mol. The fourth-order valence-electron chi connectivity index (χ4n) is 3.32. The van der Waals surface area contributed by atoms with Gasteiger partial charge in [0.15, 0.2) is 0 Å². The molecule has 0 aliphatic heterocycles. The van der Waals surface area contributed by atoms with E-state index in [2.05, 4.69) is 20.3 Å². The highest BCUT2D eigenvalue weighted by molar-refractivity contribution is 6.30. The van der Waals surface area contributed by atoms with Gasteiger partial charge in [0.25, 0.3) is 5.56 Å². The molecule has 0 aliphatic carbocycles. The minimum absolute atomic E-state index is 0.290. The number of para-hydroxylation sites is 1. The molecule has 0 aliphatic rings. The van der Waals surface area contributed by atoms with Crippen molar-refractivity contribution >= 4 is 34.3 Å². The van der Waals surface area contributed by atoms with Crippen LogP contribution in [0.5, 0.6) is 0 Å². The molecule has 0 atom stereocenters. The lowest BCUT2D eigenvalue weighted by atomic mass is 10.1. The van der Waals surface area contributed by atoms with E-state index < -0.39 is 5.97 Å². The molecule has 7 nitrogen and oxygen atoms in total. The third kappa shape index (κ3) is 3.92. The van der Waals surface area contributed by atoms with Crippen LogP contribution in [-0.4, -0.2) is 34.6 Å². The highest BCUT2D eigenvalue weighted by atomic mass is 35.5. The molecule has 0 spiro atoms. The average Bonchev–Trinajstić information content (AvgIpc) is 3.17. The van der Waals surface area contributed by atoms with Gasteiger partial charge in [0, 0.05) is 17.8 Å². The summed E-state index contributed by atoms with van der Waals surface area (Å²) in [4.78, 5) is 35.0. The van der Waals surface area contributed by atoms with Gasteiger partial charge in [-0.25, -0.2) is 9.78 Å². The SMILES string of the molecule is COC(=O)c1cccc2[nH]c(-c3c(NCCc4cccc(Cl)c4)cc[nH]c3=O)nc12. The molecule has 30 heavy (non-hydrogen) atoms. The number of aromatic amines is 2. The number of pyridine rings is 1. The van der Waals surface area contributed by atoms with Crippen molar-refractivity contribution in [1.82, 2.24) is 15.0 Å². The van der Waals surface area contributed by atoms with Crippen LogP contribution < -0.4 is 10.9 Å². The van der Waals surface area contributed by atoms with E-state index in [1.54, 1.807) is 30.5 Å². The number of carbonyl (C=O) groups excluding carboxylic acids is 1. The van der Waals surface area contributed by atoms with Gasteiger partial charge in [-0.2, -0.15) is 0 Å². The molecule has 4 rings (SSSR count). The standard InChI is InChI=1S/C22H19ClN4O3/c1-30-22(29)15-6-3-7-17-19(15)27-20(26-17)18-16(9-11-25-21(18)28)24-10-8-13-4-2-5-14(23)12-13/h2-7,9,11-12H,8,10H2,1H3,(H,26,27)(H2,24,25,28). The zero-order chi connectivity index (χ0) is 21.1. The van der Waals surface area contributed by atoms with Gasteiger partial charge < -0.3 is 20.0 Å². The number of hydrogen-bond donors (Lipinski definition) is 3. The number of hydrogen-bond acceptors (Lipinski definition) is 5. The molecule has 0 saturated carbocycles. The number of imidazole rings is 1. The fraction of sp³-hybridized carbons (Fsp3) is 0.136. The summed E-state index contributed by atoms with van der Waals surface area (Å²) >= 11 is 6.04. The summed E-state index contributed by atoms with van der Waals surface area (Å²) in [6, 6.07) is 14.6. The second-order valence-corrected chi connectivity index (χ2v) is 7.12. The quantitative estimate of drug-likeness (QED) is 0.407. The molecule has 0 amide bonds. The second kappa shape index (κ2) is 8.42. The van der Waals surface area contributed by atoms with Crippen LogP contribution >= 0.6 is 11.6 Å². The topological polar surface area (TPSA) is 99.9 Å². The van der Waals surface area contributed by atoms with E-state index in [0.717, 1.165) is 12.0 Å². The number of fused-ring (bicyclic) bond motifs is 1. The molecule has 4 aromatic rings. The smallest absolute Gasteiger partial charge is 0.340 e. The number of nitrogens with zero attached hydrogens (tertiary/aromatic N) is 1. The summed E-state index contributed by atoms with van der Waals surface area (Å²) < 4.78 is 4.83. The lowest BCUT2D eigenvalue weighted by Crippen LogP contribution is -2.14. The molecule has 152 valence electrons. The Morgan fingerprint density at radius 3 is 2.83 bits per heavy atom. The second-order valence-electron chi connectivity index (χ2n) is 6.68. The minimum Gasteiger partial charge on any atom is -0.465 e. The molecular formula is C22H19ClN4O3. The molecular weight excluding hydrogens is 404 g/mol. The van der Waals surface area contributed by atoms with Gasteiger partial charge in [-0.3, -0.25) is 4.79 Å². The van der Waals surface area contributed by atoms with Crippen LogP contribution in [-0.2, 0) is 11.2 Å². The van der Waals surface area contributed by atoms with E-state index in [0.29, 0.717) is 45.2 Å². The zero-order valence-corrected chi connectivity index (χ0v) is 16.9. The maximum atomic E-state index is 12.6. The Hall–Kier alpha value is -3.58. The van der Waals surface area contributed by atoms with E-state index in [1.165, 1.54) is 7.11 Å². The van der Waals surface area contributed by atoms with Gasteiger partial charge in [0.05, 0.1) is 23.9 Å². The first-order chi connectivity index (χ1) is 14.6. The largest absolute Gasteiger partial charge is 0.465 e. The number of ether oxygens (including phenoxy) is 1. The number of carbonyl (C=O) groups is 1. The highest BCUT2D eigenvalue weighted by Gasteiger charge is 2.18. The van der Waals surface area contributed by atoms with Crippen molar-refractivity contribution < 1.29 is 9.53 Å². The lowest BCUT2D eigenvalue weighted by Gasteiger charge is -2.10. The van der Waals surface area contributed by atoms with Gasteiger partial charge in [-0.05, 0) is 42.3 Å². The first-order valence-electron chi connectivity index (χ1n) is 9.34. The number of methoxy groups -OCH3 is 1. The Kier molecular flexibility index (Phi) is 5.54. The Labute approximate surface area is 177 Å². The van der Waals surface area contributed by atoms with E-state index >= 15 is 0 Å². The van der Waals surface area contributed by atoms with Crippen LogP contribution in [0.25, 0.3) is 22.4 Å². The van der Waals surface area contributed by atoms with E-state index in [9.17, 15) is 9.59 Å². The minimum atomic E-state index is -0.486. The first-order valence-corrected chi connectivity index (χ1v) is 9.72. The monoisotopic (exact) mass is 422 g/mol. The van der Waals surface area contributed by atoms with E-state index in [1.807, 2.05) is 24.3 Å². The fourth-order valence-corrected chi connectivity index (χ4v) is 3.53. The Bertz CT molecular complexity index is 1280. The maximum absolute atomic E-state index is 12.6. The van der Waals surface area contributed by atoms with Crippen molar-refractivity contribution in [2.75, 3.05) is 19.0 Å². The zero-order valence-electron chi connectivity index (χ0n) is 16.2. The number of aromatic nitrogens is 3. The van der Waals surface area contributed by atoms with Crippen molar-refractivity contribution in [2.24, 2.45) is 0 Å². The number of esters is 1. The Morgan fingerprint density at radius 1 is 1.20 bits per heavy atom. The van der Waals surface area contributed by atoms with Crippen LogP contribution in [0.2, 0.25) is 5.02 Å². The van der Waals surface area contributed by atoms with Crippen LogP contribution in [0.4, 0.5) is 5.69 Å². The molecule has 0 fully saturated rings. The normalized spacial score (nSPS) is 10.9. The van der Waals surface area contributed by atoms with Gasteiger partial charge >= 0.3 is 5.97 Å². The molecule has 2 aromatic heterocycles. The van der Waals surface area contributed by atoms with Crippen LogP contribution in [0.15, 0.2) is 59.5 Å². The number of rotatable bonds is 6. The summed E-state index contributed by atoms with van der Waals surface area (Å²) in [5.41, 5.74) is 3.23. The first kappa shape index (κ1) is 19.7. The van der Waals surface area contributed by atoms with Crippen molar-refractivity contribution in [1.29, 1.82) is 0 Å². The summed E-state index contributed by atoms with van der Waals surface area (Å²) in [6.07, 6.45) is 2.31. The van der Waals surface area contributed by atoms with Gasteiger partial charge in [-0.1, -0.05) is 29.8 Å². The highest BCUT2D eigenvalue weighted by Crippen LogP contribution is 2.26. The molecule has 2 aromatic carbocycles. The van der Waals surface area contributed by atoms with Crippen LogP contribution in [0, 0.1) is 0 Å². The molecule has 0 unspecified atom stereocenters. The van der Waals surface area contributed by atoms with Gasteiger partial charge in [0.2, 0.25) is 0 Å². The maximum Gasteiger partial charge on any atom is 0.340 e. The molecule has 3 N–H and O–H groups in total. The molecule has 0 bridgehead atoms. The van der Waals surface area contributed by atoms with Gasteiger partial charge in [0.1, 0.15) is 16.9 Å². The van der Waals surface area contributed by atoms with Crippen molar-refractivity contribution in [3.63, 3.8) is 0 Å². The lowest BCUT2D eigenvalue weighted by molar-refractivity contribution is 0.0603.